The second-order valence-electron chi connectivity index (χ2n) is 3.51. The van der Waals surface area contributed by atoms with E-state index in [1.54, 1.807) is 0 Å². The lowest BCUT2D eigenvalue weighted by molar-refractivity contribution is 0.346. The molecule has 0 fully saturated rings. The van der Waals surface area contributed by atoms with E-state index < -0.39 is 0 Å². The molecule has 0 heterocycles. The van der Waals surface area contributed by atoms with Gasteiger partial charge in [-0.1, -0.05) is 53.4 Å². The first-order chi connectivity index (χ1) is 4.72. The summed E-state index contributed by atoms with van der Waals surface area (Å²) in [5.41, 5.74) is 0. The highest BCUT2D eigenvalue weighted by Crippen LogP contribution is 2.19. The molecule has 0 spiro atoms. The first-order valence-electron chi connectivity index (χ1n) is 4.72. The number of hydrogen-bond donors (Lipinski definition) is 0. The number of hydrogen-bond acceptors (Lipinski definition) is 0. The third-order valence-corrected chi connectivity index (χ3v) is 2.63. The van der Waals surface area contributed by atoms with Crippen molar-refractivity contribution in [2.24, 2.45) is 11.8 Å². The maximum Gasteiger partial charge on any atom is -0.0417 e. The van der Waals surface area contributed by atoms with E-state index in [9.17, 15) is 0 Å². The Balaban J connectivity index is 3.31. The van der Waals surface area contributed by atoms with Gasteiger partial charge in [0.1, 0.15) is 0 Å². The molecule has 10 heavy (non-hydrogen) atoms. The fourth-order valence-corrected chi connectivity index (χ4v) is 1.21. The van der Waals surface area contributed by atoms with Crippen LogP contribution in [-0.4, -0.2) is 0 Å². The molecule has 0 aromatic carbocycles. The Bertz CT molecular complexity index is 66.4. The van der Waals surface area contributed by atoms with Crippen molar-refractivity contribution in [2.75, 3.05) is 0 Å². The van der Waals surface area contributed by atoms with Gasteiger partial charge in [0, 0.05) is 0 Å². The van der Waals surface area contributed by atoms with E-state index in [1.807, 2.05) is 0 Å². The minimum Gasteiger partial charge on any atom is -0.0654 e. The Morgan fingerprint density at radius 3 is 2.00 bits per heavy atom. The smallest absolute Gasteiger partial charge is 0.0417 e. The van der Waals surface area contributed by atoms with Crippen LogP contribution in [0.2, 0.25) is 0 Å². The van der Waals surface area contributed by atoms with Crippen LogP contribution < -0.4 is 0 Å². The van der Waals surface area contributed by atoms with Crippen LogP contribution in [0.3, 0.4) is 0 Å². The minimum atomic E-state index is 0.923. The SMILES string of the molecule is CCCC[C@@H](C)C(C)CC. The second kappa shape index (κ2) is 5.76. The second-order valence-corrected chi connectivity index (χ2v) is 3.51. The van der Waals surface area contributed by atoms with Gasteiger partial charge < -0.3 is 0 Å². The maximum absolute atomic E-state index is 2.38. The summed E-state index contributed by atoms with van der Waals surface area (Å²) in [6.07, 6.45) is 5.52. The van der Waals surface area contributed by atoms with E-state index >= 15 is 0 Å². The molecule has 2 atom stereocenters. The van der Waals surface area contributed by atoms with Crippen LogP contribution in [0.1, 0.15) is 53.4 Å². The molecular weight excluding hydrogens is 120 g/mol. The summed E-state index contributed by atoms with van der Waals surface area (Å²) < 4.78 is 0. The van der Waals surface area contributed by atoms with Crippen LogP contribution in [-0.2, 0) is 0 Å². The fraction of sp³-hybridized carbons (Fsp3) is 1.00. The zero-order valence-electron chi connectivity index (χ0n) is 7.98. The van der Waals surface area contributed by atoms with Crippen molar-refractivity contribution in [3.63, 3.8) is 0 Å². The molecule has 0 bridgehead atoms. The molecule has 0 N–H and O–H groups in total. The Hall–Kier alpha value is 0. The molecule has 0 radical (unpaired) electrons. The summed E-state index contributed by atoms with van der Waals surface area (Å²) in [4.78, 5) is 0. The van der Waals surface area contributed by atoms with Crippen molar-refractivity contribution in [1.29, 1.82) is 0 Å². The third kappa shape index (κ3) is 3.92. The lowest BCUT2D eigenvalue weighted by Gasteiger charge is -2.17. The molecule has 0 saturated heterocycles. The van der Waals surface area contributed by atoms with Gasteiger partial charge in [0.15, 0.2) is 0 Å². The first-order valence-corrected chi connectivity index (χ1v) is 4.72. The largest absolute Gasteiger partial charge is 0.0654 e. The van der Waals surface area contributed by atoms with Crippen LogP contribution in [0.4, 0.5) is 0 Å². The minimum absolute atomic E-state index is 0.923. The molecule has 0 aliphatic rings. The highest BCUT2D eigenvalue weighted by Gasteiger charge is 2.08. The highest BCUT2D eigenvalue weighted by molar-refractivity contribution is 4.59. The van der Waals surface area contributed by atoms with Crippen molar-refractivity contribution < 1.29 is 0 Å². The third-order valence-electron chi connectivity index (χ3n) is 2.63. The predicted molar refractivity (Wildman–Crippen MR) is 48.1 cm³/mol. The van der Waals surface area contributed by atoms with Gasteiger partial charge in [-0.2, -0.15) is 0 Å². The quantitative estimate of drug-likeness (QED) is 0.547. The molecule has 62 valence electrons. The highest BCUT2D eigenvalue weighted by atomic mass is 14.1. The van der Waals surface area contributed by atoms with Crippen molar-refractivity contribution in [2.45, 2.75) is 53.4 Å². The molecule has 0 aromatic heterocycles. The first kappa shape index (κ1) is 10.0. The zero-order chi connectivity index (χ0) is 7.98. The van der Waals surface area contributed by atoms with Gasteiger partial charge in [0.2, 0.25) is 0 Å². The summed E-state index contributed by atoms with van der Waals surface area (Å²) in [6.45, 7) is 9.29. The molecule has 0 aliphatic heterocycles. The van der Waals surface area contributed by atoms with E-state index in [2.05, 4.69) is 27.7 Å². The monoisotopic (exact) mass is 142 g/mol. The van der Waals surface area contributed by atoms with Gasteiger partial charge in [-0.15, -0.1) is 0 Å². The zero-order valence-corrected chi connectivity index (χ0v) is 7.98. The van der Waals surface area contributed by atoms with Gasteiger partial charge in [0.05, 0.1) is 0 Å². The summed E-state index contributed by atoms with van der Waals surface area (Å²) in [6, 6.07) is 0. The van der Waals surface area contributed by atoms with Crippen LogP contribution in [0.25, 0.3) is 0 Å². The molecule has 0 heteroatoms. The molecule has 0 aliphatic carbocycles. The fourth-order valence-electron chi connectivity index (χ4n) is 1.21. The van der Waals surface area contributed by atoms with E-state index in [4.69, 9.17) is 0 Å². The molecule has 1 unspecified atom stereocenters. The van der Waals surface area contributed by atoms with Gasteiger partial charge >= 0.3 is 0 Å². The van der Waals surface area contributed by atoms with Crippen molar-refractivity contribution in [1.82, 2.24) is 0 Å². The topological polar surface area (TPSA) is 0 Å². The lowest BCUT2D eigenvalue weighted by atomic mass is 9.89. The Morgan fingerprint density at radius 1 is 1.00 bits per heavy atom. The van der Waals surface area contributed by atoms with E-state index in [0.29, 0.717) is 0 Å². The predicted octanol–water partition coefficient (Wildman–Crippen LogP) is 3.86. The van der Waals surface area contributed by atoms with Crippen molar-refractivity contribution in [3.05, 3.63) is 0 Å². The molecule has 0 nitrogen and oxygen atoms in total. The van der Waals surface area contributed by atoms with Crippen molar-refractivity contribution >= 4 is 0 Å². The maximum atomic E-state index is 2.38. The summed E-state index contributed by atoms with van der Waals surface area (Å²) in [5.74, 6) is 1.86. The molecule has 0 saturated carbocycles. The standard InChI is InChI=1S/C10H22/c1-5-7-8-10(4)9(3)6-2/h9-10H,5-8H2,1-4H3/t9?,10-/m1/s1. The van der Waals surface area contributed by atoms with E-state index in [-0.39, 0.29) is 0 Å². The molecule has 0 amide bonds. The van der Waals surface area contributed by atoms with Crippen molar-refractivity contribution in [3.8, 4) is 0 Å². The average molecular weight is 142 g/mol. The average Bonchev–Trinajstić information content (AvgIpc) is 1.98. The molecule has 0 aromatic rings. The number of rotatable bonds is 5. The molecular formula is C10H22. The lowest BCUT2D eigenvalue weighted by Crippen LogP contribution is -2.06. The van der Waals surface area contributed by atoms with Gasteiger partial charge in [-0.25, -0.2) is 0 Å². The van der Waals surface area contributed by atoms with E-state index in [1.165, 1.54) is 25.7 Å². The van der Waals surface area contributed by atoms with Gasteiger partial charge in [-0.3, -0.25) is 0 Å². The van der Waals surface area contributed by atoms with Crippen LogP contribution in [0.5, 0.6) is 0 Å². The molecule has 0 rings (SSSR count). The normalized spacial score (nSPS) is 16.8. The van der Waals surface area contributed by atoms with Crippen LogP contribution in [0, 0.1) is 11.8 Å². The van der Waals surface area contributed by atoms with Crippen LogP contribution >= 0.6 is 0 Å². The Morgan fingerprint density at radius 2 is 1.60 bits per heavy atom. The summed E-state index contributed by atoms with van der Waals surface area (Å²) in [5, 5.41) is 0. The van der Waals surface area contributed by atoms with E-state index in [0.717, 1.165) is 11.8 Å². The number of unbranched alkanes of at least 4 members (excludes halogenated alkanes) is 1. The summed E-state index contributed by atoms with van der Waals surface area (Å²) >= 11 is 0. The summed E-state index contributed by atoms with van der Waals surface area (Å²) in [7, 11) is 0. The van der Waals surface area contributed by atoms with Gasteiger partial charge in [-0.05, 0) is 11.8 Å². The van der Waals surface area contributed by atoms with Gasteiger partial charge in [0.25, 0.3) is 0 Å². The Kier molecular flexibility index (Phi) is 5.76. The Labute approximate surface area is 66.0 Å². The van der Waals surface area contributed by atoms with Crippen LogP contribution in [0.15, 0.2) is 0 Å².